The molecule has 1 amide bonds. The Morgan fingerprint density at radius 1 is 1.05 bits per heavy atom. The topological polar surface area (TPSA) is 94.0 Å². The largest absolute Gasteiger partial charge is 0.444 e. The lowest BCUT2D eigenvalue weighted by Gasteiger charge is -2.28. The molecule has 1 atom stereocenters. The van der Waals surface area contributed by atoms with Gasteiger partial charge in [-0.3, -0.25) is 4.68 Å². The molecule has 1 unspecified atom stereocenters. The number of hydrogen-bond donors (Lipinski definition) is 2. The molecule has 0 saturated carbocycles. The van der Waals surface area contributed by atoms with E-state index in [1.54, 1.807) is 6.33 Å². The normalized spacial score (nSPS) is 14.1. The first kappa shape index (κ1) is 31.8. The van der Waals surface area contributed by atoms with Gasteiger partial charge in [0.05, 0.1) is 11.7 Å². The highest BCUT2D eigenvalue weighted by Crippen LogP contribution is 2.33. The quantitative estimate of drug-likeness (QED) is 0.318. The Morgan fingerprint density at radius 3 is 2.46 bits per heavy atom. The summed E-state index contributed by atoms with van der Waals surface area (Å²) >= 11 is 0. The summed E-state index contributed by atoms with van der Waals surface area (Å²) in [7, 11) is 0. The van der Waals surface area contributed by atoms with Crippen LogP contribution in [0.1, 0.15) is 104 Å². The van der Waals surface area contributed by atoms with Crippen LogP contribution in [-0.4, -0.2) is 31.4 Å². The molecule has 8 nitrogen and oxygen atoms in total. The number of ether oxygens (including phenoxy) is 1. The van der Waals surface area contributed by atoms with Crippen LogP contribution < -0.4 is 10.6 Å². The fourth-order valence-electron chi connectivity index (χ4n) is 4.49. The molecule has 1 aliphatic carbocycles. The highest BCUT2D eigenvalue weighted by atomic mass is 16.6. The van der Waals surface area contributed by atoms with E-state index >= 15 is 0 Å². The van der Waals surface area contributed by atoms with Crippen molar-refractivity contribution >= 4 is 17.7 Å². The van der Waals surface area contributed by atoms with Gasteiger partial charge in [-0.25, -0.2) is 14.8 Å². The third-order valence-corrected chi connectivity index (χ3v) is 6.03. The van der Waals surface area contributed by atoms with Crippen molar-refractivity contribution in [2.75, 3.05) is 5.32 Å². The van der Waals surface area contributed by atoms with Crippen LogP contribution >= 0.6 is 0 Å². The number of amides is 1. The Kier molecular flexibility index (Phi) is 12.4. The van der Waals surface area contributed by atoms with Gasteiger partial charge in [-0.2, -0.15) is 5.10 Å². The zero-order chi connectivity index (χ0) is 29.0. The Hall–Kier alpha value is -3.42. The molecular formula is C31H48N6O2. The molecule has 2 aromatic heterocycles. The van der Waals surface area contributed by atoms with Crippen LogP contribution in [0.15, 0.2) is 36.7 Å². The summed E-state index contributed by atoms with van der Waals surface area (Å²) in [6, 6.07) is 10.3. The van der Waals surface area contributed by atoms with Gasteiger partial charge >= 0.3 is 6.09 Å². The second-order valence-electron chi connectivity index (χ2n) is 10.0. The van der Waals surface area contributed by atoms with Crippen LogP contribution in [0.3, 0.4) is 0 Å². The van der Waals surface area contributed by atoms with Gasteiger partial charge in [0.1, 0.15) is 17.7 Å². The van der Waals surface area contributed by atoms with Gasteiger partial charge in [-0.05, 0) is 70.1 Å². The number of nitrogens with one attached hydrogen (secondary N) is 2. The van der Waals surface area contributed by atoms with Gasteiger partial charge in [-0.1, -0.05) is 53.7 Å². The molecule has 1 aliphatic rings. The van der Waals surface area contributed by atoms with Gasteiger partial charge in [0.15, 0.2) is 5.82 Å². The van der Waals surface area contributed by atoms with E-state index in [1.807, 2.05) is 54.5 Å². The first-order valence-electron chi connectivity index (χ1n) is 14.5. The summed E-state index contributed by atoms with van der Waals surface area (Å²) in [5.74, 6) is 1.50. The summed E-state index contributed by atoms with van der Waals surface area (Å²) in [5, 5.41) is 11.1. The first-order chi connectivity index (χ1) is 18.8. The second-order valence-corrected chi connectivity index (χ2v) is 10.0. The minimum absolute atomic E-state index is 0.0451. The zero-order valence-electron chi connectivity index (χ0n) is 25.4. The zero-order valence-corrected chi connectivity index (χ0v) is 25.4. The number of anilines is 2. The predicted octanol–water partition coefficient (Wildman–Crippen LogP) is 8.01. The molecule has 214 valence electrons. The molecule has 3 aromatic rings. The van der Waals surface area contributed by atoms with Gasteiger partial charge in [0.25, 0.3) is 0 Å². The molecule has 2 heterocycles. The maximum absolute atomic E-state index is 12.3. The number of rotatable bonds is 7. The van der Waals surface area contributed by atoms with Crippen molar-refractivity contribution in [3.63, 3.8) is 0 Å². The number of carbonyl (C=O) groups excluding carboxylic acids is 1. The van der Waals surface area contributed by atoms with Gasteiger partial charge in [0.2, 0.25) is 0 Å². The van der Waals surface area contributed by atoms with Crippen molar-refractivity contribution in [2.24, 2.45) is 0 Å². The highest BCUT2D eigenvalue weighted by molar-refractivity contribution is 5.69. The third kappa shape index (κ3) is 9.08. The van der Waals surface area contributed by atoms with Crippen LogP contribution in [0.25, 0.3) is 11.3 Å². The SMILES string of the molecule is CC.CC.CCCn1nc(Nc2cc(-c3ccc4c(c3)CCCC4NC(=O)OC(C)(C)C)ncn2)cc1CC. The van der Waals surface area contributed by atoms with Crippen molar-refractivity contribution < 1.29 is 9.53 Å². The van der Waals surface area contributed by atoms with E-state index in [9.17, 15) is 4.79 Å². The predicted molar refractivity (Wildman–Crippen MR) is 160 cm³/mol. The molecule has 0 spiro atoms. The summed E-state index contributed by atoms with van der Waals surface area (Å²) in [6.07, 6.45) is 6.05. The molecule has 0 saturated heterocycles. The number of hydrogen-bond acceptors (Lipinski definition) is 6. The number of alkyl carbamates (subject to hydrolysis) is 1. The van der Waals surface area contributed by atoms with Gasteiger partial charge in [0, 0.05) is 29.9 Å². The summed E-state index contributed by atoms with van der Waals surface area (Å²) < 4.78 is 7.51. The Bertz CT molecular complexity index is 1180. The number of aryl methyl sites for hydroxylation is 3. The average molecular weight is 537 g/mol. The Balaban J connectivity index is 0.00000127. The lowest BCUT2D eigenvalue weighted by atomic mass is 9.86. The van der Waals surface area contributed by atoms with E-state index in [-0.39, 0.29) is 12.1 Å². The molecule has 8 heteroatoms. The summed E-state index contributed by atoms with van der Waals surface area (Å²) in [6.45, 7) is 18.8. The standard InChI is InChI=1S/C27H36N6O2.2C2H6/c1-6-13-33-20(7-2)15-25(32-33)31-24-16-23(28-17-29-24)19-11-12-21-18(14-19)9-8-10-22(21)30-26(34)35-27(3,4)5;2*1-2/h11-12,14-17,22H,6-10,13H2,1-5H3,(H,30,34)(H,28,29,31,32);2*1-2H3. The van der Waals surface area contributed by atoms with E-state index in [4.69, 9.17) is 4.74 Å². The molecule has 0 radical (unpaired) electrons. The van der Waals surface area contributed by atoms with Gasteiger partial charge in [-0.15, -0.1) is 0 Å². The average Bonchev–Trinajstić information content (AvgIpc) is 3.31. The van der Waals surface area contributed by atoms with E-state index in [1.165, 1.54) is 11.3 Å². The van der Waals surface area contributed by atoms with E-state index in [0.717, 1.165) is 61.3 Å². The highest BCUT2D eigenvalue weighted by Gasteiger charge is 2.25. The van der Waals surface area contributed by atoms with Crippen molar-refractivity contribution in [2.45, 2.75) is 113 Å². The Morgan fingerprint density at radius 2 is 1.79 bits per heavy atom. The lowest BCUT2D eigenvalue weighted by Crippen LogP contribution is -2.36. The number of nitrogens with zero attached hydrogens (tertiary/aromatic N) is 4. The maximum Gasteiger partial charge on any atom is 0.408 e. The molecule has 0 aliphatic heterocycles. The fourth-order valence-corrected chi connectivity index (χ4v) is 4.49. The molecule has 4 rings (SSSR count). The minimum Gasteiger partial charge on any atom is -0.444 e. The number of benzene rings is 1. The molecule has 2 N–H and O–H groups in total. The van der Waals surface area contributed by atoms with Crippen molar-refractivity contribution in [1.82, 2.24) is 25.1 Å². The minimum atomic E-state index is -0.517. The summed E-state index contributed by atoms with van der Waals surface area (Å²) in [4.78, 5) is 21.2. The first-order valence-corrected chi connectivity index (χ1v) is 14.5. The maximum atomic E-state index is 12.3. The van der Waals surface area contributed by atoms with Crippen LogP contribution in [0, 0.1) is 0 Å². The van der Waals surface area contributed by atoms with Crippen LogP contribution in [0.2, 0.25) is 0 Å². The van der Waals surface area contributed by atoms with Crippen LogP contribution in [0.4, 0.5) is 16.4 Å². The van der Waals surface area contributed by atoms with Gasteiger partial charge < -0.3 is 15.4 Å². The number of fused-ring (bicyclic) bond motifs is 1. The molecule has 1 aromatic carbocycles. The third-order valence-electron chi connectivity index (χ3n) is 6.03. The lowest BCUT2D eigenvalue weighted by molar-refractivity contribution is 0.0498. The van der Waals surface area contributed by atoms with E-state index in [2.05, 4.69) is 68.5 Å². The van der Waals surface area contributed by atoms with Crippen LogP contribution in [0.5, 0.6) is 0 Å². The molecule has 39 heavy (non-hydrogen) atoms. The molecular weight excluding hydrogens is 488 g/mol. The molecule has 0 fully saturated rings. The number of aromatic nitrogens is 4. The fraction of sp³-hybridized carbons (Fsp3) is 0.548. The number of carbonyl (C=O) groups is 1. The summed E-state index contributed by atoms with van der Waals surface area (Å²) in [5.41, 5.74) is 4.93. The monoisotopic (exact) mass is 536 g/mol. The van der Waals surface area contributed by atoms with E-state index < -0.39 is 5.60 Å². The smallest absolute Gasteiger partial charge is 0.408 e. The second kappa shape index (κ2) is 15.2. The van der Waals surface area contributed by atoms with Crippen molar-refractivity contribution in [3.05, 3.63) is 53.5 Å². The van der Waals surface area contributed by atoms with Crippen LogP contribution in [-0.2, 0) is 24.1 Å². The molecule has 0 bridgehead atoms. The van der Waals surface area contributed by atoms with E-state index in [0.29, 0.717) is 5.82 Å². The van der Waals surface area contributed by atoms with Crippen molar-refractivity contribution in [1.29, 1.82) is 0 Å². The van der Waals surface area contributed by atoms with Crippen molar-refractivity contribution in [3.8, 4) is 11.3 Å². The Labute approximate surface area is 235 Å².